The zero-order valence-electron chi connectivity index (χ0n) is 9.50. The fraction of sp³-hybridized carbons (Fsp3) is 0.444. The molecule has 0 atom stereocenters. The van der Waals surface area contributed by atoms with Gasteiger partial charge in [0.05, 0.1) is 4.34 Å². The lowest BCUT2D eigenvalue weighted by Gasteiger charge is -2.07. The molecular weight excluding hydrogens is 319 g/mol. The van der Waals surface area contributed by atoms with Crippen molar-refractivity contribution in [2.45, 2.75) is 24.7 Å². The molecule has 1 heterocycles. The number of urea groups is 1. The van der Waals surface area contributed by atoms with Crippen molar-refractivity contribution in [3.63, 3.8) is 0 Å². The third-order valence-corrected chi connectivity index (χ3v) is 5.04. The lowest BCUT2D eigenvalue weighted by atomic mass is 10.3. The Hall–Kier alpha value is -0.500. The molecule has 1 rings (SSSR count). The van der Waals surface area contributed by atoms with E-state index in [4.69, 9.17) is 23.2 Å². The minimum atomic E-state index is -3.97. The van der Waals surface area contributed by atoms with Crippen LogP contribution in [-0.2, 0) is 10.0 Å². The number of halogens is 2. The molecule has 0 spiro atoms. The first-order valence-corrected chi connectivity index (χ1v) is 8.18. The summed E-state index contributed by atoms with van der Waals surface area (Å²) in [6.07, 6.45) is 1.68. The van der Waals surface area contributed by atoms with Gasteiger partial charge in [-0.15, -0.1) is 11.3 Å². The Balaban J connectivity index is 2.71. The van der Waals surface area contributed by atoms with Crippen LogP contribution >= 0.6 is 34.5 Å². The maximum absolute atomic E-state index is 11.8. The summed E-state index contributed by atoms with van der Waals surface area (Å²) in [4.78, 5) is 11.2. The molecule has 0 unspecified atom stereocenters. The van der Waals surface area contributed by atoms with Crippen LogP contribution in [0.15, 0.2) is 11.0 Å². The van der Waals surface area contributed by atoms with E-state index in [-0.39, 0.29) is 13.6 Å². The normalized spacial score (nSPS) is 11.3. The fourth-order valence-corrected chi connectivity index (χ4v) is 4.18. The molecule has 0 aliphatic carbocycles. The van der Waals surface area contributed by atoms with Crippen LogP contribution in [0.5, 0.6) is 0 Å². The van der Waals surface area contributed by atoms with Gasteiger partial charge in [-0.25, -0.2) is 17.9 Å². The highest BCUT2D eigenvalue weighted by Crippen LogP contribution is 2.33. The Labute approximate surface area is 120 Å². The molecule has 2 N–H and O–H groups in total. The van der Waals surface area contributed by atoms with Crippen molar-refractivity contribution >= 4 is 50.6 Å². The smallest absolute Gasteiger partial charge is 0.328 e. The van der Waals surface area contributed by atoms with Crippen LogP contribution in [0.25, 0.3) is 0 Å². The predicted molar refractivity (Wildman–Crippen MR) is 73.0 cm³/mol. The number of amides is 2. The van der Waals surface area contributed by atoms with E-state index in [9.17, 15) is 13.2 Å². The molecule has 1 aromatic rings. The molecule has 0 bridgehead atoms. The zero-order valence-corrected chi connectivity index (χ0v) is 12.6. The van der Waals surface area contributed by atoms with E-state index in [0.29, 0.717) is 6.54 Å². The first-order valence-electron chi connectivity index (χ1n) is 5.12. The second-order valence-electron chi connectivity index (χ2n) is 3.40. The van der Waals surface area contributed by atoms with Gasteiger partial charge in [0, 0.05) is 6.54 Å². The van der Waals surface area contributed by atoms with Crippen LogP contribution in [0, 0.1) is 0 Å². The topological polar surface area (TPSA) is 75.3 Å². The van der Waals surface area contributed by atoms with Crippen molar-refractivity contribution in [3.8, 4) is 0 Å². The summed E-state index contributed by atoms with van der Waals surface area (Å²) in [7, 11) is -3.97. The van der Waals surface area contributed by atoms with Gasteiger partial charge in [0.15, 0.2) is 0 Å². The molecule has 9 heteroatoms. The Morgan fingerprint density at radius 3 is 2.61 bits per heavy atom. The van der Waals surface area contributed by atoms with Gasteiger partial charge < -0.3 is 5.32 Å². The number of hydrogen-bond acceptors (Lipinski definition) is 4. The van der Waals surface area contributed by atoms with Crippen molar-refractivity contribution in [2.75, 3.05) is 6.54 Å². The lowest BCUT2D eigenvalue weighted by molar-refractivity contribution is 0.245. The number of carbonyl (C=O) groups excluding carboxylic acids is 1. The zero-order chi connectivity index (χ0) is 13.8. The molecule has 0 fully saturated rings. The number of thiophene rings is 1. The van der Waals surface area contributed by atoms with Gasteiger partial charge in [0.2, 0.25) is 0 Å². The molecule has 0 aliphatic rings. The third-order valence-electron chi connectivity index (χ3n) is 1.96. The van der Waals surface area contributed by atoms with E-state index in [1.54, 1.807) is 0 Å². The summed E-state index contributed by atoms with van der Waals surface area (Å²) in [6, 6.07) is 0.429. The Bertz CT molecular complexity index is 528. The van der Waals surface area contributed by atoms with Gasteiger partial charge in [-0.3, -0.25) is 0 Å². The van der Waals surface area contributed by atoms with Crippen LogP contribution in [0.3, 0.4) is 0 Å². The lowest BCUT2D eigenvalue weighted by Crippen LogP contribution is -2.39. The van der Waals surface area contributed by atoms with Gasteiger partial charge in [0.1, 0.15) is 9.23 Å². The molecule has 0 aromatic carbocycles. The highest BCUT2D eigenvalue weighted by Gasteiger charge is 2.23. The molecular formula is C9H12Cl2N2O3S2. The van der Waals surface area contributed by atoms with Crippen molar-refractivity contribution in [1.29, 1.82) is 0 Å². The standard InChI is InChI=1S/C9H12Cl2N2O3S2/c1-2-3-4-12-9(14)13-18(15,16)6-5-7(10)17-8(6)11/h5H,2-4H2,1H3,(H2,12,13,14). The van der Waals surface area contributed by atoms with Crippen LogP contribution in [0.1, 0.15) is 19.8 Å². The monoisotopic (exact) mass is 330 g/mol. The van der Waals surface area contributed by atoms with E-state index >= 15 is 0 Å². The molecule has 2 amide bonds. The number of nitrogens with one attached hydrogen (secondary N) is 2. The minimum absolute atomic E-state index is 0.0221. The molecule has 0 saturated carbocycles. The fourth-order valence-electron chi connectivity index (χ4n) is 1.10. The Kier molecular flexibility index (Phi) is 5.71. The Morgan fingerprint density at radius 1 is 1.44 bits per heavy atom. The van der Waals surface area contributed by atoms with E-state index in [1.165, 1.54) is 6.07 Å². The molecule has 0 saturated heterocycles. The summed E-state index contributed by atoms with van der Waals surface area (Å²) >= 11 is 12.3. The largest absolute Gasteiger partial charge is 0.337 e. The third kappa shape index (κ3) is 4.31. The van der Waals surface area contributed by atoms with Crippen LogP contribution in [-0.4, -0.2) is 21.0 Å². The first kappa shape index (κ1) is 15.6. The van der Waals surface area contributed by atoms with Crippen molar-refractivity contribution in [1.82, 2.24) is 10.0 Å². The minimum Gasteiger partial charge on any atom is -0.337 e. The van der Waals surface area contributed by atoms with Gasteiger partial charge in [-0.1, -0.05) is 36.5 Å². The summed E-state index contributed by atoms with van der Waals surface area (Å²) < 4.78 is 25.7. The summed E-state index contributed by atoms with van der Waals surface area (Å²) in [6.45, 7) is 2.37. The predicted octanol–water partition coefficient (Wildman–Crippen LogP) is 2.84. The number of carbonyl (C=O) groups is 1. The number of hydrogen-bond donors (Lipinski definition) is 2. The molecule has 1 aromatic heterocycles. The summed E-state index contributed by atoms with van der Waals surface area (Å²) in [5.74, 6) is 0. The second kappa shape index (κ2) is 6.60. The second-order valence-corrected chi connectivity index (χ2v) is 7.34. The molecule has 0 radical (unpaired) electrons. The van der Waals surface area contributed by atoms with Crippen molar-refractivity contribution in [3.05, 3.63) is 14.7 Å². The molecule has 0 aliphatic heterocycles. The van der Waals surface area contributed by atoms with Crippen molar-refractivity contribution < 1.29 is 13.2 Å². The summed E-state index contributed by atoms with van der Waals surface area (Å²) in [5.41, 5.74) is 0. The number of rotatable bonds is 5. The van der Waals surface area contributed by atoms with Crippen LogP contribution < -0.4 is 10.0 Å². The average Bonchev–Trinajstić information content (AvgIpc) is 2.58. The van der Waals surface area contributed by atoms with Gasteiger partial charge in [-0.2, -0.15) is 0 Å². The SMILES string of the molecule is CCCCNC(=O)NS(=O)(=O)c1cc(Cl)sc1Cl. The van der Waals surface area contributed by atoms with E-state index < -0.39 is 16.1 Å². The molecule has 5 nitrogen and oxygen atoms in total. The number of sulfonamides is 1. The molecule has 18 heavy (non-hydrogen) atoms. The van der Waals surface area contributed by atoms with Crippen LogP contribution in [0.4, 0.5) is 4.79 Å². The maximum Gasteiger partial charge on any atom is 0.328 e. The molecule has 102 valence electrons. The maximum atomic E-state index is 11.8. The average molecular weight is 331 g/mol. The van der Waals surface area contributed by atoms with E-state index in [1.807, 2.05) is 11.6 Å². The van der Waals surface area contributed by atoms with E-state index in [2.05, 4.69) is 5.32 Å². The van der Waals surface area contributed by atoms with E-state index in [0.717, 1.165) is 24.2 Å². The van der Waals surface area contributed by atoms with Gasteiger partial charge in [-0.05, 0) is 12.5 Å². The van der Waals surface area contributed by atoms with Gasteiger partial charge >= 0.3 is 6.03 Å². The van der Waals surface area contributed by atoms with Crippen molar-refractivity contribution in [2.24, 2.45) is 0 Å². The van der Waals surface area contributed by atoms with Crippen LogP contribution in [0.2, 0.25) is 8.67 Å². The highest BCUT2D eigenvalue weighted by atomic mass is 35.5. The van der Waals surface area contributed by atoms with Gasteiger partial charge in [0.25, 0.3) is 10.0 Å². The quantitative estimate of drug-likeness (QED) is 0.815. The first-order chi connectivity index (χ1) is 8.36. The highest BCUT2D eigenvalue weighted by molar-refractivity contribution is 7.90. The summed E-state index contributed by atoms with van der Waals surface area (Å²) in [5, 5.41) is 2.43. The number of unbranched alkanes of at least 4 members (excludes halogenated alkanes) is 1. The Morgan fingerprint density at radius 2 is 2.11 bits per heavy atom.